The number of hydrogen-bond donors (Lipinski definition) is 1. The van der Waals surface area contributed by atoms with E-state index < -0.39 is 10.0 Å². The molecule has 1 aliphatic rings. The van der Waals surface area contributed by atoms with Gasteiger partial charge in [-0.1, -0.05) is 30.3 Å². The highest BCUT2D eigenvalue weighted by Crippen LogP contribution is 2.39. The standard InChI is InChI=1S/C19H19N3O2S/c1-20-17-9-10-18-16(17)12-19(14-6-3-2-4-7-14)22(18)25(23,24)15-8-5-11-21-13-15/h2-8,11-13,17,20H,9-10H2,1H3. The molecule has 1 aliphatic carbocycles. The lowest BCUT2D eigenvalue weighted by Gasteiger charge is -2.13. The zero-order valence-corrected chi connectivity index (χ0v) is 14.7. The lowest BCUT2D eigenvalue weighted by molar-refractivity contribution is 0.581. The zero-order chi connectivity index (χ0) is 17.4. The van der Waals surface area contributed by atoms with E-state index in [4.69, 9.17) is 0 Å². The van der Waals surface area contributed by atoms with Crippen LogP contribution in [0.15, 0.2) is 65.8 Å². The van der Waals surface area contributed by atoms with Crippen molar-refractivity contribution in [1.82, 2.24) is 14.3 Å². The number of benzene rings is 1. The Bertz CT molecular complexity index is 996. The highest BCUT2D eigenvalue weighted by atomic mass is 32.2. The molecule has 0 aliphatic heterocycles. The maximum atomic E-state index is 13.3. The molecule has 1 aromatic carbocycles. The van der Waals surface area contributed by atoms with Gasteiger partial charge in [-0.05, 0) is 49.2 Å². The Morgan fingerprint density at radius 1 is 1.16 bits per heavy atom. The van der Waals surface area contributed by atoms with Crippen molar-refractivity contribution in [3.8, 4) is 11.3 Å². The molecule has 6 heteroatoms. The molecule has 0 fully saturated rings. The monoisotopic (exact) mass is 353 g/mol. The molecule has 25 heavy (non-hydrogen) atoms. The molecular formula is C19H19N3O2S. The lowest BCUT2D eigenvalue weighted by Crippen LogP contribution is -2.16. The number of nitrogens with zero attached hydrogens (tertiary/aromatic N) is 2. The van der Waals surface area contributed by atoms with Gasteiger partial charge < -0.3 is 5.32 Å². The van der Waals surface area contributed by atoms with Crippen LogP contribution < -0.4 is 5.32 Å². The van der Waals surface area contributed by atoms with Crippen molar-refractivity contribution in [3.05, 3.63) is 72.2 Å². The quantitative estimate of drug-likeness (QED) is 0.783. The summed E-state index contributed by atoms with van der Waals surface area (Å²) < 4.78 is 28.2. The van der Waals surface area contributed by atoms with Crippen LogP contribution in [0.25, 0.3) is 11.3 Å². The minimum absolute atomic E-state index is 0.183. The van der Waals surface area contributed by atoms with Gasteiger partial charge >= 0.3 is 0 Å². The number of aromatic nitrogens is 2. The van der Waals surface area contributed by atoms with Crippen molar-refractivity contribution in [2.45, 2.75) is 23.8 Å². The fraction of sp³-hybridized carbons (Fsp3) is 0.211. The first-order valence-corrected chi connectivity index (χ1v) is 9.69. The summed E-state index contributed by atoms with van der Waals surface area (Å²) >= 11 is 0. The van der Waals surface area contributed by atoms with E-state index in [-0.39, 0.29) is 10.9 Å². The van der Waals surface area contributed by atoms with Crippen LogP contribution in [0.2, 0.25) is 0 Å². The van der Waals surface area contributed by atoms with E-state index in [0.29, 0.717) is 5.69 Å². The molecule has 0 saturated carbocycles. The molecule has 2 aromatic heterocycles. The minimum atomic E-state index is -3.70. The molecule has 4 rings (SSSR count). The molecular weight excluding hydrogens is 334 g/mol. The van der Waals surface area contributed by atoms with Crippen molar-refractivity contribution in [3.63, 3.8) is 0 Å². The molecule has 0 saturated heterocycles. The van der Waals surface area contributed by atoms with Crippen molar-refractivity contribution >= 4 is 10.0 Å². The number of pyridine rings is 1. The molecule has 5 nitrogen and oxygen atoms in total. The van der Waals surface area contributed by atoms with Crippen LogP contribution in [0.5, 0.6) is 0 Å². The Balaban J connectivity index is 1.98. The Hall–Kier alpha value is -2.44. The minimum Gasteiger partial charge on any atom is -0.313 e. The summed E-state index contributed by atoms with van der Waals surface area (Å²) in [4.78, 5) is 4.19. The molecule has 0 bridgehead atoms. The maximum absolute atomic E-state index is 13.3. The Morgan fingerprint density at radius 3 is 2.64 bits per heavy atom. The van der Waals surface area contributed by atoms with Crippen LogP contribution in [0.3, 0.4) is 0 Å². The van der Waals surface area contributed by atoms with Gasteiger partial charge in [0.1, 0.15) is 4.90 Å². The largest absolute Gasteiger partial charge is 0.313 e. The average Bonchev–Trinajstić information content (AvgIpc) is 3.22. The van der Waals surface area contributed by atoms with Gasteiger partial charge in [-0.15, -0.1) is 0 Å². The molecule has 0 amide bonds. The third-order valence-electron chi connectivity index (χ3n) is 4.73. The molecule has 0 spiro atoms. The van der Waals surface area contributed by atoms with Crippen molar-refractivity contribution in [2.75, 3.05) is 7.05 Å². The van der Waals surface area contributed by atoms with E-state index >= 15 is 0 Å². The maximum Gasteiger partial charge on any atom is 0.269 e. The molecule has 128 valence electrons. The summed E-state index contributed by atoms with van der Waals surface area (Å²) in [6, 6.07) is 15.1. The highest BCUT2D eigenvalue weighted by molar-refractivity contribution is 7.90. The number of rotatable bonds is 4. The van der Waals surface area contributed by atoms with Crippen LogP contribution in [0.4, 0.5) is 0 Å². The second kappa shape index (κ2) is 6.13. The van der Waals surface area contributed by atoms with Gasteiger partial charge in [0.25, 0.3) is 10.0 Å². The zero-order valence-electron chi connectivity index (χ0n) is 13.9. The molecule has 2 heterocycles. The summed E-state index contributed by atoms with van der Waals surface area (Å²) in [6.07, 6.45) is 4.61. The number of nitrogens with one attached hydrogen (secondary N) is 1. The summed E-state index contributed by atoms with van der Waals surface area (Å²) in [6.45, 7) is 0. The first-order valence-electron chi connectivity index (χ1n) is 8.25. The predicted molar refractivity (Wildman–Crippen MR) is 96.8 cm³/mol. The molecule has 1 unspecified atom stereocenters. The van der Waals surface area contributed by atoms with Crippen LogP contribution in [0, 0.1) is 0 Å². The highest BCUT2D eigenvalue weighted by Gasteiger charge is 2.33. The van der Waals surface area contributed by atoms with E-state index in [1.54, 1.807) is 18.3 Å². The fourth-order valence-corrected chi connectivity index (χ4v) is 5.08. The second-order valence-corrected chi connectivity index (χ2v) is 7.92. The lowest BCUT2D eigenvalue weighted by atomic mass is 10.1. The van der Waals surface area contributed by atoms with Gasteiger partial charge in [-0.3, -0.25) is 4.98 Å². The van der Waals surface area contributed by atoms with E-state index in [1.807, 2.05) is 43.4 Å². The summed E-state index contributed by atoms with van der Waals surface area (Å²) in [7, 11) is -1.79. The normalized spacial score (nSPS) is 16.8. The smallest absolute Gasteiger partial charge is 0.269 e. The average molecular weight is 353 g/mol. The van der Waals surface area contributed by atoms with Gasteiger partial charge in [0.2, 0.25) is 0 Å². The third kappa shape index (κ3) is 2.58. The van der Waals surface area contributed by atoms with Gasteiger partial charge in [-0.2, -0.15) is 0 Å². The van der Waals surface area contributed by atoms with Crippen LogP contribution >= 0.6 is 0 Å². The molecule has 1 N–H and O–H groups in total. The van der Waals surface area contributed by atoms with Crippen molar-refractivity contribution in [2.24, 2.45) is 0 Å². The third-order valence-corrected chi connectivity index (χ3v) is 6.46. The topological polar surface area (TPSA) is 64.0 Å². The molecule has 3 aromatic rings. The Kier molecular flexibility index (Phi) is 3.94. The number of fused-ring (bicyclic) bond motifs is 1. The molecule has 1 atom stereocenters. The SMILES string of the molecule is CNC1CCc2c1cc(-c1ccccc1)n2S(=O)(=O)c1cccnc1. The first kappa shape index (κ1) is 16.1. The fourth-order valence-electron chi connectivity index (χ4n) is 3.53. The van der Waals surface area contributed by atoms with Crippen LogP contribution in [-0.4, -0.2) is 24.4 Å². The summed E-state index contributed by atoms with van der Waals surface area (Å²) in [5, 5.41) is 3.28. The van der Waals surface area contributed by atoms with Crippen LogP contribution in [0.1, 0.15) is 23.7 Å². The van der Waals surface area contributed by atoms with E-state index in [2.05, 4.69) is 10.3 Å². The van der Waals surface area contributed by atoms with Crippen molar-refractivity contribution in [1.29, 1.82) is 0 Å². The van der Waals surface area contributed by atoms with Crippen molar-refractivity contribution < 1.29 is 8.42 Å². The van der Waals surface area contributed by atoms with Gasteiger partial charge in [0.15, 0.2) is 0 Å². The Labute approximate surface area is 147 Å². The van der Waals surface area contributed by atoms with Gasteiger partial charge in [0.05, 0.1) is 5.69 Å². The van der Waals surface area contributed by atoms with Gasteiger partial charge in [-0.25, -0.2) is 12.4 Å². The number of hydrogen-bond acceptors (Lipinski definition) is 4. The molecule has 0 radical (unpaired) electrons. The van der Waals surface area contributed by atoms with E-state index in [9.17, 15) is 8.42 Å². The first-order chi connectivity index (χ1) is 12.1. The second-order valence-electron chi connectivity index (χ2n) is 6.14. The predicted octanol–water partition coefficient (Wildman–Crippen LogP) is 2.99. The van der Waals surface area contributed by atoms with E-state index in [1.165, 1.54) is 10.2 Å². The van der Waals surface area contributed by atoms with Gasteiger partial charge in [0, 0.05) is 24.1 Å². The summed E-state index contributed by atoms with van der Waals surface area (Å²) in [5.41, 5.74) is 3.52. The van der Waals surface area contributed by atoms with Crippen LogP contribution in [-0.2, 0) is 16.4 Å². The Morgan fingerprint density at radius 2 is 1.96 bits per heavy atom. The summed E-state index contributed by atoms with van der Waals surface area (Å²) in [5.74, 6) is 0. The van der Waals surface area contributed by atoms with E-state index in [0.717, 1.165) is 29.7 Å².